The third-order valence-electron chi connectivity index (χ3n) is 3.39. The van der Waals surface area contributed by atoms with Crippen molar-refractivity contribution in [2.45, 2.75) is 45.1 Å². The second-order valence-corrected chi connectivity index (χ2v) is 6.53. The largest absolute Gasteiger partial charge is 0.497 e. The van der Waals surface area contributed by atoms with E-state index in [1.54, 1.807) is 39.0 Å². The van der Waals surface area contributed by atoms with Crippen LogP contribution < -0.4 is 10.1 Å². The second kappa shape index (κ2) is 6.90. The molecule has 1 aromatic carbocycles. The van der Waals surface area contributed by atoms with Gasteiger partial charge in [0.2, 0.25) is 0 Å². The number of carbonyl (C=O) groups is 3. The molecular weight excluding hydrogens is 314 g/mol. The zero-order chi connectivity index (χ0) is 17.9. The van der Waals surface area contributed by atoms with Crippen molar-refractivity contribution in [1.82, 2.24) is 0 Å². The molecule has 24 heavy (non-hydrogen) atoms. The van der Waals surface area contributed by atoms with Crippen molar-refractivity contribution in [2.75, 3.05) is 12.4 Å². The van der Waals surface area contributed by atoms with Gasteiger partial charge in [0.05, 0.1) is 20.0 Å². The molecule has 7 nitrogen and oxygen atoms in total. The van der Waals surface area contributed by atoms with Gasteiger partial charge in [-0.2, -0.15) is 0 Å². The van der Waals surface area contributed by atoms with Crippen LogP contribution in [0, 0.1) is 0 Å². The van der Waals surface area contributed by atoms with Crippen LogP contribution in [0.1, 0.15) is 45.1 Å². The van der Waals surface area contributed by atoms with Crippen LogP contribution in [0.25, 0.3) is 0 Å². The van der Waals surface area contributed by atoms with Gasteiger partial charge >= 0.3 is 18.0 Å². The number of esters is 2. The van der Waals surface area contributed by atoms with Gasteiger partial charge in [0.25, 0.3) is 0 Å². The lowest BCUT2D eigenvalue weighted by Gasteiger charge is -2.24. The van der Waals surface area contributed by atoms with E-state index in [-0.39, 0.29) is 12.8 Å². The van der Waals surface area contributed by atoms with E-state index in [9.17, 15) is 14.4 Å². The molecule has 130 valence electrons. The topological polar surface area (TPSA) is 90.9 Å². The monoisotopic (exact) mass is 335 g/mol. The maximum Gasteiger partial charge on any atom is 0.412 e. The lowest BCUT2D eigenvalue weighted by atomic mass is 9.89. The third kappa shape index (κ3) is 4.71. The summed E-state index contributed by atoms with van der Waals surface area (Å²) in [6, 6.07) is 5.03. The number of ether oxygens (including phenoxy) is 3. The summed E-state index contributed by atoms with van der Waals surface area (Å²) in [7, 11) is 1.51. The first-order valence-electron chi connectivity index (χ1n) is 7.59. The van der Waals surface area contributed by atoms with Crippen molar-refractivity contribution in [2.24, 2.45) is 0 Å². The van der Waals surface area contributed by atoms with Crippen LogP contribution in [-0.4, -0.2) is 30.7 Å². The summed E-state index contributed by atoms with van der Waals surface area (Å²) in [5, 5.41) is 2.67. The molecule has 0 saturated carbocycles. The van der Waals surface area contributed by atoms with Crippen molar-refractivity contribution in [3.63, 3.8) is 0 Å². The van der Waals surface area contributed by atoms with E-state index in [0.717, 1.165) is 0 Å². The quantitative estimate of drug-likeness (QED) is 0.674. The molecule has 0 aliphatic carbocycles. The Morgan fingerprint density at radius 1 is 1.21 bits per heavy atom. The van der Waals surface area contributed by atoms with Crippen LogP contribution >= 0.6 is 0 Å². The van der Waals surface area contributed by atoms with Crippen LogP contribution in [0.2, 0.25) is 0 Å². The van der Waals surface area contributed by atoms with Crippen LogP contribution in [0.15, 0.2) is 18.2 Å². The molecule has 1 N–H and O–H groups in total. The molecule has 1 saturated heterocycles. The van der Waals surface area contributed by atoms with Gasteiger partial charge in [-0.3, -0.25) is 14.9 Å². The molecule has 0 atom stereocenters. The zero-order valence-corrected chi connectivity index (χ0v) is 14.2. The van der Waals surface area contributed by atoms with E-state index >= 15 is 0 Å². The molecule has 1 amide bonds. The maximum absolute atomic E-state index is 12.0. The molecule has 0 spiro atoms. The molecule has 1 heterocycles. The fourth-order valence-electron chi connectivity index (χ4n) is 2.44. The third-order valence-corrected chi connectivity index (χ3v) is 3.39. The predicted octanol–water partition coefficient (Wildman–Crippen LogP) is 2.99. The molecule has 0 unspecified atom stereocenters. The Morgan fingerprint density at radius 2 is 1.83 bits per heavy atom. The molecule has 0 aromatic heterocycles. The molecule has 1 fully saturated rings. The number of anilines is 1. The van der Waals surface area contributed by atoms with Gasteiger partial charge in [-0.15, -0.1) is 0 Å². The molecule has 2 rings (SSSR count). The first-order chi connectivity index (χ1) is 11.2. The molecule has 1 aliphatic heterocycles. The van der Waals surface area contributed by atoms with Crippen LogP contribution in [-0.2, 0) is 19.1 Å². The van der Waals surface area contributed by atoms with Crippen LogP contribution in [0.3, 0.4) is 0 Å². The molecular formula is C17H21NO6. The smallest absolute Gasteiger partial charge is 0.412 e. The number of rotatable bonds is 3. The molecule has 1 aliphatic rings. The SMILES string of the molecule is COc1ccc(NC(=O)OC(C)(C)C)c(C2CC(=O)OC(=O)C2)c1. The van der Waals surface area contributed by atoms with E-state index in [1.165, 1.54) is 7.11 Å². The fourth-order valence-corrected chi connectivity index (χ4v) is 2.44. The first-order valence-corrected chi connectivity index (χ1v) is 7.59. The van der Waals surface area contributed by atoms with Gasteiger partial charge in [0.1, 0.15) is 11.4 Å². The Balaban J connectivity index is 2.29. The Bertz CT molecular complexity index is 646. The highest BCUT2D eigenvalue weighted by Crippen LogP contribution is 2.35. The minimum absolute atomic E-state index is 0.0574. The standard InChI is InChI=1S/C17H21NO6/c1-17(2,3)24-16(21)18-13-6-5-11(22-4)9-12(13)10-7-14(19)23-15(20)8-10/h5-6,9-10H,7-8H2,1-4H3,(H,18,21). The summed E-state index contributed by atoms with van der Waals surface area (Å²) < 4.78 is 15.0. The van der Waals surface area contributed by atoms with Gasteiger partial charge in [-0.05, 0) is 44.5 Å². The fraction of sp³-hybridized carbons (Fsp3) is 0.471. The molecule has 1 aromatic rings. The minimum atomic E-state index is -0.638. The van der Waals surface area contributed by atoms with Crippen LogP contribution in [0.4, 0.5) is 10.5 Å². The highest BCUT2D eigenvalue weighted by Gasteiger charge is 2.30. The molecule has 7 heteroatoms. The summed E-state index contributed by atoms with van der Waals surface area (Å²) in [5.74, 6) is -0.991. The van der Waals surface area contributed by atoms with Crippen molar-refractivity contribution in [3.05, 3.63) is 23.8 Å². The van der Waals surface area contributed by atoms with E-state index in [1.807, 2.05) is 0 Å². The first kappa shape index (κ1) is 17.8. The number of amides is 1. The molecule has 0 radical (unpaired) electrons. The number of nitrogens with one attached hydrogen (secondary N) is 1. The number of carbonyl (C=O) groups excluding carboxylic acids is 3. The van der Waals surface area contributed by atoms with Gasteiger partial charge < -0.3 is 14.2 Å². The average Bonchev–Trinajstić information content (AvgIpc) is 2.44. The Labute approximate surface area is 140 Å². The van der Waals surface area contributed by atoms with Crippen molar-refractivity contribution in [1.29, 1.82) is 0 Å². The number of methoxy groups -OCH3 is 1. The Kier molecular flexibility index (Phi) is 5.11. The van der Waals surface area contributed by atoms with E-state index < -0.39 is 29.6 Å². The van der Waals surface area contributed by atoms with E-state index in [4.69, 9.17) is 9.47 Å². The maximum atomic E-state index is 12.0. The Hall–Kier alpha value is -2.57. The van der Waals surface area contributed by atoms with Gasteiger partial charge in [0.15, 0.2) is 0 Å². The van der Waals surface area contributed by atoms with Gasteiger partial charge in [-0.25, -0.2) is 4.79 Å². The summed E-state index contributed by atoms with van der Waals surface area (Å²) in [4.78, 5) is 35.1. The number of cyclic esters (lactones) is 2. The summed E-state index contributed by atoms with van der Waals surface area (Å²) in [6.07, 6.45) is -0.497. The number of hydrogen-bond donors (Lipinski definition) is 1. The van der Waals surface area contributed by atoms with Gasteiger partial charge in [0, 0.05) is 11.6 Å². The number of benzene rings is 1. The average molecular weight is 335 g/mol. The molecule has 0 bridgehead atoms. The zero-order valence-electron chi connectivity index (χ0n) is 14.2. The Morgan fingerprint density at radius 3 is 2.38 bits per heavy atom. The van der Waals surface area contributed by atoms with Gasteiger partial charge in [-0.1, -0.05) is 0 Å². The van der Waals surface area contributed by atoms with Crippen molar-refractivity contribution in [3.8, 4) is 5.75 Å². The van der Waals surface area contributed by atoms with Crippen molar-refractivity contribution < 1.29 is 28.6 Å². The minimum Gasteiger partial charge on any atom is -0.497 e. The predicted molar refractivity (Wildman–Crippen MR) is 85.9 cm³/mol. The van der Waals surface area contributed by atoms with Crippen molar-refractivity contribution >= 4 is 23.7 Å². The summed E-state index contributed by atoms with van der Waals surface area (Å²) in [5.41, 5.74) is 0.462. The normalized spacial score (nSPS) is 15.7. The lowest BCUT2D eigenvalue weighted by Crippen LogP contribution is -2.28. The highest BCUT2D eigenvalue weighted by atomic mass is 16.6. The second-order valence-electron chi connectivity index (χ2n) is 6.53. The summed E-state index contributed by atoms with van der Waals surface area (Å²) in [6.45, 7) is 5.28. The van der Waals surface area contributed by atoms with Crippen LogP contribution in [0.5, 0.6) is 5.75 Å². The lowest BCUT2D eigenvalue weighted by molar-refractivity contribution is -0.163. The summed E-state index contributed by atoms with van der Waals surface area (Å²) >= 11 is 0. The van der Waals surface area contributed by atoms with E-state index in [0.29, 0.717) is 17.0 Å². The van der Waals surface area contributed by atoms with E-state index in [2.05, 4.69) is 10.1 Å². The number of hydrogen-bond acceptors (Lipinski definition) is 6. The highest BCUT2D eigenvalue weighted by molar-refractivity contribution is 5.91.